The predicted octanol–water partition coefficient (Wildman–Crippen LogP) is 3.72. The molecular formula is C16H20N2O3S. The Kier molecular flexibility index (Phi) is 4.57. The highest BCUT2D eigenvalue weighted by atomic mass is 32.2. The van der Waals surface area contributed by atoms with Crippen LogP contribution in [0, 0.1) is 0 Å². The van der Waals surface area contributed by atoms with Crippen LogP contribution in [0.2, 0.25) is 0 Å². The van der Waals surface area contributed by atoms with Gasteiger partial charge in [0.1, 0.15) is 5.76 Å². The highest BCUT2D eigenvalue weighted by Gasteiger charge is 2.33. The SMILES string of the molecule is CCN1C(=O)S/C(=C\c2ccc(N3CCCCCC3)o2)C1=O. The van der Waals surface area contributed by atoms with Gasteiger partial charge in [-0.1, -0.05) is 12.8 Å². The van der Waals surface area contributed by atoms with Crippen LogP contribution in [0.15, 0.2) is 21.5 Å². The Labute approximate surface area is 134 Å². The van der Waals surface area contributed by atoms with Gasteiger partial charge in [0, 0.05) is 31.8 Å². The molecule has 0 saturated carbocycles. The summed E-state index contributed by atoms with van der Waals surface area (Å²) in [6.07, 6.45) is 6.58. The summed E-state index contributed by atoms with van der Waals surface area (Å²) in [5.74, 6) is 1.24. The van der Waals surface area contributed by atoms with Crippen LogP contribution >= 0.6 is 11.8 Å². The van der Waals surface area contributed by atoms with E-state index in [4.69, 9.17) is 4.42 Å². The number of amides is 2. The van der Waals surface area contributed by atoms with Gasteiger partial charge < -0.3 is 9.32 Å². The second-order valence-electron chi connectivity index (χ2n) is 5.50. The van der Waals surface area contributed by atoms with Crippen molar-refractivity contribution in [1.29, 1.82) is 0 Å². The monoisotopic (exact) mass is 320 g/mol. The fourth-order valence-corrected chi connectivity index (χ4v) is 3.67. The molecule has 2 saturated heterocycles. The fraction of sp³-hybridized carbons (Fsp3) is 0.500. The summed E-state index contributed by atoms with van der Waals surface area (Å²) in [5, 5.41) is -0.210. The molecule has 0 bridgehead atoms. The summed E-state index contributed by atoms with van der Waals surface area (Å²) in [5.41, 5.74) is 0. The highest BCUT2D eigenvalue weighted by Crippen LogP contribution is 2.33. The lowest BCUT2D eigenvalue weighted by atomic mass is 10.2. The minimum Gasteiger partial charge on any atom is -0.441 e. The van der Waals surface area contributed by atoms with Crippen LogP contribution in [0.1, 0.15) is 38.4 Å². The maximum atomic E-state index is 12.1. The van der Waals surface area contributed by atoms with E-state index in [2.05, 4.69) is 4.90 Å². The minimum atomic E-state index is -0.231. The highest BCUT2D eigenvalue weighted by molar-refractivity contribution is 8.18. The van der Waals surface area contributed by atoms with Crippen molar-refractivity contribution >= 4 is 34.9 Å². The number of hydrogen-bond acceptors (Lipinski definition) is 5. The number of likely N-dealkylation sites (N-methyl/N-ethyl adjacent to an activating group) is 1. The molecule has 6 heteroatoms. The zero-order valence-corrected chi connectivity index (χ0v) is 13.5. The van der Waals surface area contributed by atoms with E-state index in [-0.39, 0.29) is 11.1 Å². The Bertz CT molecular complexity index is 600. The van der Waals surface area contributed by atoms with Gasteiger partial charge in [-0.3, -0.25) is 14.5 Å². The molecule has 0 N–H and O–H groups in total. The number of hydrogen-bond donors (Lipinski definition) is 0. The van der Waals surface area contributed by atoms with Crippen LogP contribution in [-0.2, 0) is 4.79 Å². The van der Waals surface area contributed by atoms with Gasteiger partial charge in [-0.05, 0) is 37.6 Å². The number of rotatable bonds is 3. The lowest BCUT2D eigenvalue weighted by Gasteiger charge is -2.18. The van der Waals surface area contributed by atoms with Crippen molar-refractivity contribution < 1.29 is 14.0 Å². The molecule has 0 spiro atoms. The molecule has 2 aliphatic heterocycles. The zero-order chi connectivity index (χ0) is 15.5. The smallest absolute Gasteiger partial charge is 0.293 e. The maximum Gasteiger partial charge on any atom is 0.293 e. The zero-order valence-electron chi connectivity index (χ0n) is 12.7. The number of nitrogens with zero attached hydrogens (tertiary/aromatic N) is 2. The molecule has 0 unspecified atom stereocenters. The average Bonchev–Trinajstić information content (AvgIpc) is 2.94. The number of imide groups is 1. The number of thioether (sulfide) groups is 1. The van der Waals surface area contributed by atoms with E-state index >= 15 is 0 Å². The molecule has 0 aliphatic carbocycles. The molecular weight excluding hydrogens is 300 g/mol. The average molecular weight is 320 g/mol. The largest absolute Gasteiger partial charge is 0.441 e. The first-order chi connectivity index (χ1) is 10.7. The number of carbonyl (C=O) groups is 2. The topological polar surface area (TPSA) is 53.8 Å². The number of furan rings is 1. The molecule has 0 aromatic carbocycles. The first-order valence-corrected chi connectivity index (χ1v) is 8.61. The van der Waals surface area contributed by atoms with Crippen molar-refractivity contribution in [1.82, 2.24) is 4.90 Å². The minimum absolute atomic E-state index is 0.210. The molecule has 2 aliphatic rings. The van der Waals surface area contributed by atoms with Gasteiger partial charge in [-0.25, -0.2) is 0 Å². The Balaban J connectivity index is 1.75. The third-order valence-corrected chi connectivity index (χ3v) is 4.90. The Morgan fingerprint density at radius 1 is 1.18 bits per heavy atom. The van der Waals surface area contributed by atoms with Crippen LogP contribution < -0.4 is 4.90 Å². The van der Waals surface area contributed by atoms with E-state index in [0.29, 0.717) is 17.2 Å². The van der Waals surface area contributed by atoms with Crippen molar-refractivity contribution in [2.45, 2.75) is 32.6 Å². The molecule has 118 valence electrons. The maximum absolute atomic E-state index is 12.1. The first-order valence-electron chi connectivity index (χ1n) is 7.79. The van der Waals surface area contributed by atoms with Crippen LogP contribution in [0.3, 0.4) is 0 Å². The van der Waals surface area contributed by atoms with Crippen molar-refractivity contribution in [3.05, 3.63) is 22.8 Å². The van der Waals surface area contributed by atoms with Gasteiger partial charge in [0.15, 0.2) is 5.88 Å². The van der Waals surface area contributed by atoms with Gasteiger partial charge in [-0.2, -0.15) is 0 Å². The van der Waals surface area contributed by atoms with Crippen LogP contribution in [0.5, 0.6) is 0 Å². The molecule has 3 rings (SSSR count). The van der Waals surface area contributed by atoms with Crippen molar-refractivity contribution in [2.24, 2.45) is 0 Å². The second-order valence-corrected chi connectivity index (χ2v) is 6.50. The molecule has 3 heterocycles. The van der Waals surface area contributed by atoms with Gasteiger partial charge in [-0.15, -0.1) is 0 Å². The van der Waals surface area contributed by atoms with Crippen LogP contribution in [0.4, 0.5) is 10.7 Å². The number of anilines is 1. The van der Waals surface area contributed by atoms with Gasteiger partial charge in [0.25, 0.3) is 11.1 Å². The van der Waals surface area contributed by atoms with Crippen LogP contribution in [-0.4, -0.2) is 35.7 Å². The summed E-state index contributed by atoms with van der Waals surface area (Å²) in [4.78, 5) is 27.7. The number of carbonyl (C=O) groups excluding carboxylic acids is 2. The lowest BCUT2D eigenvalue weighted by molar-refractivity contribution is -0.122. The van der Waals surface area contributed by atoms with Gasteiger partial charge in [0.05, 0.1) is 4.91 Å². The van der Waals surface area contributed by atoms with Gasteiger partial charge in [0.2, 0.25) is 0 Å². The molecule has 5 nitrogen and oxygen atoms in total. The van der Waals surface area contributed by atoms with Crippen LogP contribution in [0.25, 0.3) is 6.08 Å². The van der Waals surface area contributed by atoms with E-state index in [1.807, 2.05) is 12.1 Å². The van der Waals surface area contributed by atoms with Crippen molar-refractivity contribution in [3.8, 4) is 0 Å². The molecule has 1 aromatic rings. The fourth-order valence-electron chi connectivity index (χ4n) is 2.78. The standard InChI is InChI=1S/C16H20N2O3S/c1-2-18-15(19)13(22-16(18)20)11-12-7-8-14(21-12)17-9-5-3-4-6-10-17/h7-8,11H,2-6,9-10H2,1H3/b13-11-. The van der Waals surface area contributed by atoms with E-state index in [0.717, 1.165) is 30.7 Å². The van der Waals surface area contributed by atoms with E-state index in [1.54, 1.807) is 13.0 Å². The molecule has 0 radical (unpaired) electrons. The Morgan fingerprint density at radius 3 is 2.55 bits per heavy atom. The van der Waals surface area contributed by atoms with Crippen molar-refractivity contribution in [2.75, 3.05) is 24.5 Å². The first kappa shape index (κ1) is 15.2. The third-order valence-electron chi connectivity index (χ3n) is 3.99. The third kappa shape index (κ3) is 3.06. The Morgan fingerprint density at radius 2 is 1.91 bits per heavy atom. The summed E-state index contributed by atoms with van der Waals surface area (Å²) in [7, 11) is 0. The molecule has 1 aromatic heterocycles. The summed E-state index contributed by atoms with van der Waals surface area (Å²) >= 11 is 0.974. The molecule has 22 heavy (non-hydrogen) atoms. The van der Waals surface area contributed by atoms with E-state index in [1.165, 1.54) is 30.6 Å². The summed E-state index contributed by atoms with van der Waals surface area (Å²) in [6, 6.07) is 3.81. The lowest BCUT2D eigenvalue weighted by Crippen LogP contribution is -2.27. The van der Waals surface area contributed by atoms with E-state index < -0.39 is 0 Å². The van der Waals surface area contributed by atoms with Crippen molar-refractivity contribution in [3.63, 3.8) is 0 Å². The molecule has 0 atom stereocenters. The normalized spacial score (nSPS) is 21.8. The molecule has 2 amide bonds. The predicted molar refractivity (Wildman–Crippen MR) is 87.7 cm³/mol. The quantitative estimate of drug-likeness (QED) is 0.795. The Hall–Kier alpha value is -1.69. The summed E-state index contributed by atoms with van der Waals surface area (Å²) in [6.45, 7) is 4.22. The van der Waals surface area contributed by atoms with Gasteiger partial charge >= 0.3 is 0 Å². The van der Waals surface area contributed by atoms with E-state index in [9.17, 15) is 9.59 Å². The summed E-state index contributed by atoms with van der Waals surface area (Å²) < 4.78 is 5.85. The second kappa shape index (κ2) is 6.60. The molecule has 2 fully saturated rings.